The van der Waals surface area contributed by atoms with Crippen LogP contribution < -0.4 is 11.7 Å². The third-order valence-electron chi connectivity index (χ3n) is 0.583. The second-order valence-corrected chi connectivity index (χ2v) is 1.11. The van der Waals surface area contributed by atoms with Crippen LogP contribution in [-0.2, 0) is 0 Å². The summed E-state index contributed by atoms with van der Waals surface area (Å²) in [7, 11) is 0. The fourth-order valence-electron chi connectivity index (χ4n) is 0.312. The number of nitrogens with one attached hydrogen (secondary N) is 1. The topological polar surface area (TPSA) is 80.8 Å². The number of aromatic amines is 1. The van der Waals surface area contributed by atoms with Gasteiger partial charge in [0.2, 0.25) is 0 Å². The van der Waals surface area contributed by atoms with Crippen molar-refractivity contribution in [1.82, 2.24) is 16.3 Å². The highest BCUT2D eigenvalue weighted by molar-refractivity contribution is 4.81. The molecule has 0 radical (unpaired) electrons. The number of aromatic nitrogens is 2. The van der Waals surface area contributed by atoms with E-state index < -0.39 is 0 Å². The second kappa shape index (κ2) is 2.92. The molecule has 0 unspecified atom stereocenters. The quantitative estimate of drug-likeness (QED) is 0.494. The third kappa shape index (κ3) is 1.53. The van der Waals surface area contributed by atoms with Gasteiger partial charge in [-0.2, -0.15) is 5.10 Å². The molecule has 1 heterocycles. The standard InChI is InChI=1S/C4H4N2O.H3N/c7-4-2-1-3-5-6-4;/h1-3H,(H,6,7);1H3. The number of H-pyrrole nitrogens is 1. The van der Waals surface area contributed by atoms with E-state index in [2.05, 4.69) is 10.2 Å². The summed E-state index contributed by atoms with van der Waals surface area (Å²) in [4.78, 5) is 10.2. The fourth-order valence-corrected chi connectivity index (χ4v) is 0.312. The molecule has 1 rings (SSSR count). The SMILES string of the molecule is N.O=c1cccn[nH]1. The van der Waals surface area contributed by atoms with E-state index in [1.54, 1.807) is 6.07 Å². The lowest BCUT2D eigenvalue weighted by Crippen LogP contribution is -2.02. The van der Waals surface area contributed by atoms with Gasteiger partial charge in [0.1, 0.15) is 0 Å². The first-order valence-electron chi connectivity index (χ1n) is 1.89. The van der Waals surface area contributed by atoms with E-state index in [1.165, 1.54) is 12.3 Å². The molecule has 4 N–H and O–H groups in total. The number of hydrogen-bond acceptors (Lipinski definition) is 3. The van der Waals surface area contributed by atoms with Crippen LogP contribution in [0.5, 0.6) is 0 Å². The highest BCUT2D eigenvalue weighted by atomic mass is 16.1. The number of hydrogen-bond donors (Lipinski definition) is 2. The van der Waals surface area contributed by atoms with E-state index in [1.807, 2.05) is 0 Å². The average Bonchev–Trinajstić information content (AvgIpc) is 1.69. The molecular weight excluding hydrogens is 106 g/mol. The van der Waals surface area contributed by atoms with Crippen LogP contribution in [-0.4, -0.2) is 10.2 Å². The van der Waals surface area contributed by atoms with Crippen molar-refractivity contribution in [1.29, 1.82) is 0 Å². The normalized spacial score (nSPS) is 7.50. The van der Waals surface area contributed by atoms with Gasteiger partial charge in [-0.25, -0.2) is 5.10 Å². The first-order valence-corrected chi connectivity index (χ1v) is 1.89. The predicted octanol–water partition coefficient (Wildman–Crippen LogP) is -0.0681. The maximum absolute atomic E-state index is 10.2. The number of nitrogens with zero attached hydrogens (tertiary/aromatic N) is 1. The van der Waals surface area contributed by atoms with Crippen molar-refractivity contribution in [3.8, 4) is 0 Å². The maximum Gasteiger partial charge on any atom is 0.264 e. The molecule has 1 aromatic rings. The van der Waals surface area contributed by atoms with E-state index in [0.717, 1.165) is 0 Å². The molecule has 0 amide bonds. The van der Waals surface area contributed by atoms with Crippen molar-refractivity contribution in [3.63, 3.8) is 0 Å². The van der Waals surface area contributed by atoms with Crippen LogP contribution >= 0.6 is 0 Å². The van der Waals surface area contributed by atoms with Crippen molar-refractivity contribution in [2.45, 2.75) is 0 Å². The monoisotopic (exact) mass is 113 g/mol. The van der Waals surface area contributed by atoms with E-state index in [0.29, 0.717) is 0 Å². The Morgan fingerprint density at radius 3 is 2.62 bits per heavy atom. The molecule has 44 valence electrons. The first-order chi connectivity index (χ1) is 3.39. The van der Waals surface area contributed by atoms with Crippen LogP contribution in [0.25, 0.3) is 0 Å². The zero-order chi connectivity index (χ0) is 5.11. The van der Waals surface area contributed by atoms with Crippen molar-refractivity contribution in [2.24, 2.45) is 0 Å². The largest absolute Gasteiger partial charge is 0.344 e. The summed E-state index contributed by atoms with van der Waals surface area (Å²) in [5.41, 5.74) is -0.164. The Kier molecular flexibility index (Phi) is 2.50. The molecule has 0 spiro atoms. The van der Waals surface area contributed by atoms with Crippen molar-refractivity contribution >= 4 is 0 Å². The molecule has 0 atom stereocenters. The molecule has 0 saturated heterocycles. The molecule has 8 heavy (non-hydrogen) atoms. The Labute approximate surface area is 46.1 Å². The van der Waals surface area contributed by atoms with Crippen molar-refractivity contribution in [3.05, 3.63) is 28.7 Å². The van der Waals surface area contributed by atoms with Crippen molar-refractivity contribution < 1.29 is 0 Å². The first kappa shape index (κ1) is 6.84. The molecular formula is C4H7N3O. The van der Waals surface area contributed by atoms with Crippen molar-refractivity contribution in [2.75, 3.05) is 0 Å². The van der Waals surface area contributed by atoms with Gasteiger partial charge in [0.15, 0.2) is 0 Å². The minimum Gasteiger partial charge on any atom is -0.344 e. The molecule has 0 bridgehead atoms. The summed E-state index contributed by atoms with van der Waals surface area (Å²) < 4.78 is 0. The van der Waals surface area contributed by atoms with Crippen LogP contribution in [0.1, 0.15) is 0 Å². The molecule has 0 fully saturated rings. The van der Waals surface area contributed by atoms with E-state index in [-0.39, 0.29) is 11.7 Å². The van der Waals surface area contributed by atoms with Gasteiger partial charge in [-0.05, 0) is 6.07 Å². The Morgan fingerprint density at radius 2 is 2.38 bits per heavy atom. The van der Waals surface area contributed by atoms with Gasteiger partial charge in [0.25, 0.3) is 5.56 Å². The Morgan fingerprint density at radius 1 is 1.62 bits per heavy atom. The van der Waals surface area contributed by atoms with E-state index in [9.17, 15) is 4.79 Å². The summed E-state index contributed by atoms with van der Waals surface area (Å²) in [6, 6.07) is 2.99. The average molecular weight is 113 g/mol. The van der Waals surface area contributed by atoms with Gasteiger partial charge in [-0.15, -0.1) is 0 Å². The third-order valence-corrected chi connectivity index (χ3v) is 0.583. The molecule has 4 heteroatoms. The van der Waals surface area contributed by atoms with Crippen LogP contribution in [0.3, 0.4) is 0 Å². The summed E-state index contributed by atoms with van der Waals surface area (Å²) in [6.07, 6.45) is 1.52. The van der Waals surface area contributed by atoms with E-state index in [4.69, 9.17) is 0 Å². The Bertz CT molecular complexity index is 177. The molecule has 4 nitrogen and oxygen atoms in total. The second-order valence-electron chi connectivity index (χ2n) is 1.11. The highest BCUT2D eigenvalue weighted by Gasteiger charge is 1.70. The summed E-state index contributed by atoms with van der Waals surface area (Å²) in [6.45, 7) is 0. The Hall–Kier alpha value is -1.16. The predicted molar refractivity (Wildman–Crippen MR) is 29.9 cm³/mol. The molecule has 0 aliphatic heterocycles. The van der Waals surface area contributed by atoms with E-state index >= 15 is 0 Å². The molecule has 0 aliphatic carbocycles. The zero-order valence-corrected chi connectivity index (χ0v) is 4.29. The molecule has 0 aliphatic rings. The van der Waals surface area contributed by atoms with Crippen LogP contribution in [0.4, 0.5) is 0 Å². The smallest absolute Gasteiger partial charge is 0.264 e. The molecule has 0 aromatic carbocycles. The minimum atomic E-state index is -0.164. The minimum absolute atomic E-state index is 0. The number of rotatable bonds is 0. The van der Waals surface area contributed by atoms with Gasteiger partial charge >= 0.3 is 0 Å². The summed E-state index contributed by atoms with van der Waals surface area (Å²) >= 11 is 0. The lowest BCUT2D eigenvalue weighted by Gasteiger charge is -1.72. The van der Waals surface area contributed by atoms with Gasteiger partial charge < -0.3 is 6.15 Å². The lowest BCUT2D eigenvalue weighted by atomic mass is 10.6. The van der Waals surface area contributed by atoms with Gasteiger partial charge in [-0.3, -0.25) is 4.79 Å². The molecule has 1 aromatic heterocycles. The Balaban J connectivity index is 0.000000490. The van der Waals surface area contributed by atoms with Crippen LogP contribution in [0.2, 0.25) is 0 Å². The van der Waals surface area contributed by atoms with Crippen LogP contribution in [0.15, 0.2) is 23.1 Å². The molecule has 0 saturated carbocycles. The lowest BCUT2D eigenvalue weighted by molar-refractivity contribution is 0.988. The zero-order valence-electron chi connectivity index (χ0n) is 4.29. The fraction of sp³-hybridized carbons (Fsp3) is 0. The highest BCUT2D eigenvalue weighted by Crippen LogP contribution is 1.60. The van der Waals surface area contributed by atoms with Gasteiger partial charge in [-0.1, -0.05) is 0 Å². The van der Waals surface area contributed by atoms with Crippen LogP contribution in [0, 0.1) is 0 Å². The summed E-state index contributed by atoms with van der Waals surface area (Å²) in [5.74, 6) is 0. The summed E-state index contributed by atoms with van der Waals surface area (Å²) in [5, 5.41) is 5.67. The maximum atomic E-state index is 10.2. The van der Waals surface area contributed by atoms with Gasteiger partial charge in [0, 0.05) is 12.3 Å². The van der Waals surface area contributed by atoms with Gasteiger partial charge in [0.05, 0.1) is 0 Å².